The van der Waals surface area contributed by atoms with Gasteiger partial charge in [0.15, 0.2) is 9.84 Å². The van der Waals surface area contributed by atoms with Gasteiger partial charge in [0.1, 0.15) is 5.25 Å². The van der Waals surface area contributed by atoms with Crippen LogP contribution in [0.15, 0.2) is 0 Å². The Labute approximate surface area is 128 Å². The molecule has 7 heteroatoms. The summed E-state index contributed by atoms with van der Waals surface area (Å²) in [5.74, 6) is -0.325. The van der Waals surface area contributed by atoms with E-state index < -0.39 is 21.2 Å². The van der Waals surface area contributed by atoms with Crippen LogP contribution in [0.4, 0.5) is 0 Å². The molecule has 0 spiro atoms. The van der Waals surface area contributed by atoms with E-state index in [2.05, 4.69) is 4.90 Å². The minimum Gasteiger partial charge on any atom is -0.391 e. The molecule has 1 aliphatic rings. The number of amides is 1. The van der Waals surface area contributed by atoms with Crippen LogP contribution in [-0.4, -0.2) is 79.6 Å². The van der Waals surface area contributed by atoms with Crippen LogP contribution in [0, 0.1) is 5.41 Å². The Morgan fingerprint density at radius 1 is 1.19 bits per heavy atom. The van der Waals surface area contributed by atoms with Crippen LogP contribution in [0.2, 0.25) is 0 Å². The van der Waals surface area contributed by atoms with Crippen LogP contribution in [0.3, 0.4) is 0 Å². The molecule has 1 amide bonds. The first-order valence-corrected chi connectivity index (χ1v) is 9.26. The van der Waals surface area contributed by atoms with Crippen molar-refractivity contribution < 1.29 is 18.3 Å². The molecule has 0 aromatic rings. The van der Waals surface area contributed by atoms with Gasteiger partial charge in [0.05, 0.1) is 6.10 Å². The molecule has 0 unspecified atom stereocenters. The maximum absolute atomic E-state index is 12.1. The van der Waals surface area contributed by atoms with Crippen molar-refractivity contribution in [3.8, 4) is 0 Å². The Hall–Kier alpha value is -0.660. The number of aliphatic hydroxyl groups excluding tert-OH is 1. The molecule has 0 saturated carbocycles. The van der Waals surface area contributed by atoms with E-state index in [0.29, 0.717) is 32.7 Å². The quantitative estimate of drug-likeness (QED) is 0.787. The van der Waals surface area contributed by atoms with Crippen molar-refractivity contribution in [1.29, 1.82) is 0 Å². The minimum absolute atomic E-state index is 0.169. The van der Waals surface area contributed by atoms with Crippen LogP contribution in [0.1, 0.15) is 27.7 Å². The number of carbonyl (C=O) groups is 1. The minimum atomic E-state index is -3.35. The molecule has 21 heavy (non-hydrogen) atoms. The van der Waals surface area contributed by atoms with Gasteiger partial charge in [-0.05, 0) is 12.3 Å². The summed E-state index contributed by atoms with van der Waals surface area (Å²) in [4.78, 5) is 15.8. The number of sulfone groups is 1. The third kappa shape index (κ3) is 5.23. The van der Waals surface area contributed by atoms with Crippen molar-refractivity contribution in [1.82, 2.24) is 9.80 Å². The van der Waals surface area contributed by atoms with Gasteiger partial charge in [0.2, 0.25) is 5.91 Å². The van der Waals surface area contributed by atoms with Crippen LogP contribution in [0.25, 0.3) is 0 Å². The van der Waals surface area contributed by atoms with E-state index in [9.17, 15) is 18.3 Å². The third-order valence-corrected chi connectivity index (χ3v) is 5.59. The zero-order chi connectivity index (χ0) is 16.4. The molecule has 0 bridgehead atoms. The van der Waals surface area contributed by atoms with E-state index >= 15 is 0 Å². The highest BCUT2D eigenvalue weighted by molar-refractivity contribution is 7.92. The van der Waals surface area contributed by atoms with E-state index in [1.165, 1.54) is 6.92 Å². The summed E-state index contributed by atoms with van der Waals surface area (Å²) >= 11 is 0. The van der Waals surface area contributed by atoms with Crippen molar-refractivity contribution in [2.75, 3.05) is 39.0 Å². The highest BCUT2D eigenvalue weighted by atomic mass is 32.2. The monoisotopic (exact) mass is 320 g/mol. The normalized spacial score (nSPS) is 21.1. The molecule has 6 nitrogen and oxygen atoms in total. The number of hydrogen-bond acceptors (Lipinski definition) is 5. The topological polar surface area (TPSA) is 77.9 Å². The first-order valence-electron chi connectivity index (χ1n) is 7.31. The number of aliphatic hydroxyl groups is 1. The van der Waals surface area contributed by atoms with E-state index in [-0.39, 0.29) is 11.3 Å². The molecule has 1 rings (SSSR count). The van der Waals surface area contributed by atoms with E-state index in [1.807, 2.05) is 20.8 Å². The summed E-state index contributed by atoms with van der Waals surface area (Å²) in [7, 11) is -3.35. The van der Waals surface area contributed by atoms with Gasteiger partial charge in [-0.1, -0.05) is 20.8 Å². The van der Waals surface area contributed by atoms with Crippen molar-refractivity contribution in [2.45, 2.75) is 39.0 Å². The Morgan fingerprint density at radius 2 is 1.67 bits per heavy atom. The molecule has 0 aromatic heterocycles. The lowest BCUT2D eigenvalue weighted by Crippen LogP contribution is -2.54. The van der Waals surface area contributed by atoms with E-state index in [1.54, 1.807) is 4.90 Å². The second-order valence-electron chi connectivity index (χ2n) is 6.98. The van der Waals surface area contributed by atoms with Crippen molar-refractivity contribution in [3.05, 3.63) is 0 Å². The molecule has 124 valence electrons. The fraction of sp³-hybridized carbons (Fsp3) is 0.929. The molecule has 0 aliphatic carbocycles. The van der Waals surface area contributed by atoms with Gasteiger partial charge in [-0.25, -0.2) is 8.42 Å². The fourth-order valence-electron chi connectivity index (χ4n) is 2.11. The summed E-state index contributed by atoms with van der Waals surface area (Å²) in [6, 6.07) is 0. The van der Waals surface area contributed by atoms with Crippen LogP contribution in [-0.2, 0) is 14.6 Å². The van der Waals surface area contributed by atoms with Crippen molar-refractivity contribution in [3.63, 3.8) is 0 Å². The van der Waals surface area contributed by atoms with Crippen molar-refractivity contribution >= 4 is 15.7 Å². The van der Waals surface area contributed by atoms with E-state index in [4.69, 9.17) is 0 Å². The summed E-state index contributed by atoms with van der Waals surface area (Å²) < 4.78 is 22.9. The van der Waals surface area contributed by atoms with E-state index in [0.717, 1.165) is 6.26 Å². The second kappa shape index (κ2) is 6.62. The summed E-state index contributed by atoms with van der Waals surface area (Å²) in [5.41, 5.74) is -0.169. The van der Waals surface area contributed by atoms with Crippen LogP contribution >= 0.6 is 0 Å². The summed E-state index contributed by atoms with van der Waals surface area (Å²) in [5, 5.41) is 9.12. The van der Waals surface area contributed by atoms with Gasteiger partial charge >= 0.3 is 0 Å². The zero-order valence-corrected chi connectivity index (χ0v) is 14.5. The molecule has 1 saturated heterocycles. The Balaban J connectivity index is 2.51. The third-order valence-electron chi connectivity index (χ3n) is 4.10. The van der Waals surface area contributed by atoms with Gasteiger partial charge in [0, 0.05) is 39.0 Å². The molecular weight excluding hydrogens is 292 g/mol. The number of β-amino-alcohol motifs (C(OH)–C–C–N with tert-alkyl or cyclic N) is 1. The Bertz CT molecular complexity index is 462. The summed E-state index contributed by atoms with van der Waals surface area (Å²) in [6.07, 6.45) is 0.667. The maximum atomic E-state index is 12.1. The molecule has 1 N–H and O–H groups in total. The molecular formula is C14H28N2O4S. The smallest absolute Gasteiger partial charge is 0.240 e. The first kappa shape index (κ1) is 18.4. The largest absolute Gasteiger partial charge is 0.391 e. The highest BCUT2D eigenvalue weighted by Crippen LogP contribution is 2.20. The zero-order valence-electron chi connectivity index (χ0n) is 13.7. The van der Waals surface area contributed by atoms with Gasteiger partial charge in [0.25, 0.3) is 0 Å². The molecule has 0 aromatic carbocycles. The average Bonchev–Trinajstić information content (AvgIpc) is 2.35. The molecule has 1 aliphatic heterocycles. The lowest BCUT2D eigenvalue weighted by Gasteiger charge is -2.38. The SMILES string of the molecule is C[C@@H](C(=O)N1CCN(C[C@@H](O)C(C)(C)C)CC1)S(C)(=O)=O. The average molecular weight is 320 g/mol. The van der Waals surface area contributed by atoms with Crippen LogP contribution in [0.5, 0.6) is 0 Å². The maximum Gasteiger partial charge on any atom is 0.240 e. The molecule has 1 heterocycles. The number of carbonyl (C=O) groups excluding carboxylic acids is 1. The number of hydrogen-bond donors (Lipinski definition) is 1. The number of nitrogens with zero attached hydrogens (tertiary/aromatic N) is 2. The van der Waals surface area contributed by atoms with Crippen LogP contribution < -0.4 is 0 Å². The second-order valence-corrected chi connectivity index (χ2v) is 9.35. The van der Waals surface area contributed by atoms with Gasteiger partial charge in [-0.2, -0.15) is 0 Å². The standard InChI is InChI=1S/C14H28N2O4S/c1-11(21(5,19)20)13(18)16-8-6-15(7-9-16)10-12(17)14(2,3)4/h11-12,17H,6-10H2,1-5H3/t11-,12+/m0/s1. The predicted molar refractivity (Wildman–Crippen MR) is 82.8 cm³/mol. The number of piperazine rings is 1. The Morgan fingerprint density at radius 3 is 2.05 bits per heavy atom. The van der Waals surface area contributed by atoms with Crippen molar-refractivity contribution in [2.24, 2.45) is 5.41 Å². The highest BCUT2D eigenvalue weighted by Gasteiger charge is 2.31. The molecule has 2 atom stereocenters. The predicted octanol–water partition coefficient (Wildman–Crippen LogP) is -0.0293. The molecule has 0 radical (unpaired) electrons. The Kier molecular flexibility index (Phi) is 5.80. The van der Waals surface area contributed by atoms with Gasteiger partial charge in [-0.15, -0.1) is 0 Å². The molecule has 1 fully saturated rings. The number of rotatable bonds is 4. The fourth-order valence-corrected chi connectivity index (χ4v) is 2.62. The van der Waals surface area contributed by atoms with Gasteiger partial charge in [-0.3, -0.25) is 9.69 Å². The lowest BCUT2D eigenvalue weighted by atomic mass is 9.89. The first-order chi connectivity index (χ1) is 9.43. The summed E-state index contributed by atoms with van der Waals surface area (Å²) in [6.45, 7) is 10.3. The lowest BCUT2D eigenvalue weighted by molar-refractivity contribution is -0.132. The van der Waals surface area contributed by atoms with Gasteiger partial charge < -0.3 is 10.0 Å².